The van der Waals surface area contributed by atoms with Crippen molar-refractivity contribution in [2.24, 2.45) is 0 Å². The number of thioether (sulfide) groups is 1. The Hall–Kier alpha value is -2.60. The molecular weight excluding hydrogens is 336 g/mol. The molecule has 25 heavy (non-hydrogen) atoms. The Labute approximate surface area is 150 Å². The Balaban J connectivity index is 1.68. The fourth-order valence-electron chi connectivity index (χ4n) is 2.25. The molecule has 0 aliphatic heterocycles. The molecule has 3 aromatic rings. The summed E-state index contributed by atoms with van der Waals surface area (Å²) in [6, 6.07) is 15.0. The maximum absolute atomic E-state index is 12.2. The lowest BCUT2D eigenvalue weighted by Crippen LogP contribution is -2.02. The number of hydrogen-bond donors (Lipinski definition) is 0. The number of carbonyl (C=O) groups excluding carboxylic acids is 1. The maximum atomic E-state index is 12.2. The van der Waals surface area contributed by atoms with Gasteiger partial charge in [-0.05, 0) is 26.0 Å². The topological polar surface area (TPSA) is 65.2 Å². The third-order valence-electron chi connectivity index (χ3n) is 3.52. The molecule has 6 heteroatoms. The summed E-state index contributed by atoms with van der Waals surface area (Å²) in [6.07, 6.45) is 0. The predicted octanol–water partition coefficient (Wildman–Crippen LogP) is 4.42. The number of ketones is 1. The molecular formula is C19H18N2O3S. The van der Waals surface area contributed by atoms with Crippen molar-refractivity contribution in [3.05, 3.63) is 59.7 Å². The molecule has 0 bridgehead atoms. The summed E-state index contributed by atoms with van der Waals surface area (Å²) >= 11 is 1.23. The van der Waals surface area contributed by atoms with Gasteiger partial charge in [-0.15, -0.1) is 10.2 Å². The highest BCUT2D eigenvalue weighted by molar-refractivity contribution is 7.99. The van der Waals surface area contributed by atoms with Crippen LogP contribution < -0.4 is 4.74 Å². The zero-order valence-electron chi connectivity index (χ0n) is 14.1. The van der Waals surface area contributed by atoms with Crippen molar-refractivity contribution in [3.8, 4) is 17.2 Å². The van der Waals surface area contributed by atoms with Gasteiger partial charge >= 0.3 is 0 Å². The number of carbonyl (C=O) groups is 1. The third-order valence-corrected chi connectivity index (χ3v) is 4.34. The average Bonchev–Trinajstić information content (AvgIpc) is 3.10. The minimum atomic E-state index is 0.0273. The van der Waals surface area contributed by atoms with Gasteiger partial charge in [-0.2, -0.15) is 0 Å². The van der Waals surface area contributed by atoms with E-state index in [1.807, 2.05) is 62.4 Å². The van der Waals surface area contributed by atoms with Crippen LogP contribution in [0.3, 0.4) is 0 Å². The normalized spacial score (nSPS) is 10.6. The van der Waals surface area contributed by atoms with Gasteiger partial charge < -0.3 is 9.15 Å². The number of hydrogen-bond acceptors (Lipinski definition) is 6. The van der Waals surface area contributed by atoms with Gasteiger partial charge in [-0.3, -0.25) is 4.79 Å². The van der Waals surface area contributed by atoms with Crippen LogP contribution in [0.5, 0.6) is 5.75 Å². The first-order valence-electron chi connectivity index (χ1n) is 7.95. The molecule has 128 valence electrons. The van der Waals surface area contributed by atoms with Crippen molar-refractivity contribution in [1.82, 2.24) is 10.2 Å². The van der Waals surface area contributed by atoms with Crippen LogP contribution in [0, 0.1) is 6.92 Å². The van der Waals surface area contributed by atoms with Crippen LogP contribution >= 0.6 is 11.8 Å². The van der Waals surface area contributed by atoms with Gasteiger partial charge in [0.25, 0.3) is 11.1 Å². The molecule has 0 spiro atoms. The lowest BCUT2D eigenvalue weighted by atomic mass is 10.1. The lowest BCUT2D eigenvalue weighted by molar-refractivity contribution is 0.102. The molecule has 2 aromatic carbocycles. The standard InChI is InChI=1S/C19H18N2O3S/c1-3-23-17-7-5-4-6-15(17)18-20-21-19(24-18)25-12-16(22)14-10-8-13(2)9-11-14/h4-11H,3,12H2,1-2H3. The van der Waals surface area contributed by atoms with E-state index in [9.17, 15) is 4.79 Å². The van der Waals surface area contributed by atoms with Crippen molar-refractivity contribution in [2.75, 3.05) is 12.4 Å². The summed E-state index contributed by atoms with van der Waals surface area (Å²) in [4.78, 5) is 12.2. The summed E-state index contributed by atoms with van der Waals surface area (Å²) in [5, 5.41) is 8.44. The Bertz CT molecular complexity index is 859. The van der Waals surface area contributed by atoms with Gasteiger partial charge in [0.15, 0.2) is 5.78 Å². The summed E-state index contributed by atoms with van der Waals surface area (Å²) in [5.41, 5.74) is 2.55. The molecule has 0 aliphatic carbocycles. The average molecular weight is 354 g/mol. The van der Waals surface area contributed by atoms with Gasteiger partial charge in [0.1, 0.15) is 5.75 Å². The predicted molar refractivity (Wildman–Crippen MR) is 97.1 cm³/mol. The third kappa shape index (κ3) is 4.28. The van der Waals surface area contributed by atoms with Crippen LogP contribution in [0.2, 0.25) is 0 Å². The first-order valence-corrected chi connectivity index (χ1v) is 8.94. The second kappa shape index (κ2) is 7.98. The molecule has 0 saturated heterocycles. The van der Waals surface area contributed by atoms with Crippen LogP contribution in [0.4, 0.5) is 0 Å². The van der Waals surface area contributed by atoms with Crippen molar-refractivity contribution in [1.29, 1.82) is 0 Å². The van der Waals surface area contributed by atoms with E-state index in [2.05, 4.69) is 10.2 Å². The van der Waals surface area contributed by atoms with Crippen molar-refractivity contribution >= 4 is 17.5 Å². The number of nitrogens with zero attached hydrogens (tertiary/aromatic N) is 2. The SMILES string of the molecule is CCOc1ccccc1-c1nnc(SCC(=O)c2ccc(C)cc2)o1. The molecule has 0 saturated carbocycles. The highest BCUT2D eigenvalue weighted by Crippen LogP contribution is 2.30. The van der Waals surface area contributed by atoms with E-state index in [0.29, 0.717) is 29.0 Å². The molecule has 3 rings (SSSR count). The van der Waals surface area contributed by atoms with Gasteiger partial charge in [-0.25, -0.2) is 0 Å². The number of Topliss-reactive ketones (excluding diaryl/α,β-unsaturated/α-hetero) is 1. The number of aromatic nitrogens is 2. The second-order valence-corrected chi connectivity index (χ2v) is 6.31. The molecule has 0 aliphatic rings. The zero-order chi connectivity index (χ0) is 17.6. The Morgan fingerprint density at radius 2 is 1.88 bits per heavy atom. The Morgan fingerprint density at radius 3 is 2.64 bits per heavy atom. The fourth-order valence-corrected chi connectivity index (χ4v) is 2.91. The van der Waals surface area contributed by atoms with E-state index in [1.165, 1.54) is 11.8 Å². The van der Waals surface area contributed by atoms with Gasteiger partial charge in [0, 0.05) is 5.56 Å². The van der Waals surface area contributed by atoms with Crippen molar-refractivity contribution < 1.29 is 13.9 Å². The van der Waals surface area contributed by atoms with Gasteiger partial charge in [0.2, 0.25) is 0 Å². The smallest absolute Gasteiger partial charge is 0.277 e. The first-order chi connectivity index (χ1) is 12.2. The largest absolute Gasteiger partial charge is 0.493 e. The molecule has 0 atom stereocenters. The van der Waals surface area contributed by atoms with Crippen LogP contribution in [0.15, 0.2) is 58.2 Å². The highest BCUT2D eigenvalue weighted by atomic mass is 32.2. The first kappa shape index (κ1) is 17.2. The minimum absolute atomic E-state index is 0.0273. The van der Waals surface area contributed by atoms with E-state index in [-0.39, 0.29) is 11.5 Å². The Morgan fingerprint density at radius 1 is 1.12 bits per heavy atom. The molecule has 0 fully saturated rings. The van der Waals surface area contributed by atoms with Crippen LogP contribution in [0.25, 0.3) is 11.5 Å². The van der Waals surface area contributed by atoms with E-state index in [1.54, 1.807) is 0 Å². The molecule has 0 radical (unpaired) electrons. The van der Waals surface area contributed by atoms with Crippen molar-refractivity contribution in [2.45, 2.75) is 19.1 Å². The van der Waals surface area contributed by atoms with Crippen LogP contribution in [-0.4, -0.2) is 28.3 Å². The van der Waals surface area contributed by atoms with Gasteiger partial charge in [-0.1, -0.05) is 53.7 Å². The minimum Gasteiger partial charge on any atom is -0.493 e. The fraction of sp³-hybridized carbons (Fsp3) is 0.211. The summed E-state index contributed by atoms with van der Waals surface area (Å²) in [6.45, 7) is 4.46. The summed E-state index contributed by atoms with van der Waals surface area (Å²) < 4.78 is 11.2. The van der Waals surface area contributed by atoms with E-state index in [0.717, 1.165) is 11.1 Å². The lowest BCUT2D eigenvalue weighted by Gasteiger charge is -2.06. The van der Waals surface area contributed by atoms with E-state index < -0.39 is 0 Å². The van der Waals surface area contributed by atoms with Crippen LogP contribution in [0.1, 0.15) is 22.8 Å². The molecule has 5 nitrogen and oxygen atoms in total. The molecule has 0 amide bonds. The highest BCUT2D eigenvalue weighted by Gasteiger charge is 2.15. The Kier molecular flexibility index (Phi) is 5.50. The monoisotopic (exact) mass is 354 g/mol. The molecule has 0 unspecified atom stereocenters. The van der Waals surface area contributed by atoms with E-state index >= 15 is 0 Å². The van der Waals surface area contributed by atoms with Gasteiger partial charge in [0.05, 0.1) is 17.9 Å². The van der Waals surface area contributed by atoms with Crippen LogP contribution in [-0.2, 0) is 0 Å². The maximum Gasteiger partial charge on any atom is 0.277 e. The number of rotatable bonds is 7. The quantitative estimate of drug-likeness (QED) is 0.462. The molecule has 1 aromatic heterocycles. The number of benzene rings is 2. The zero-order valence-corrected chi connectivity index (χ0v) is 14.9. The second-order valence-electron chi connectivity index (χ2n) is 5.38. The summed E-state index contributed by atoms with van der Waals surface area (Å²) in [7, 11) is 0. The molecule has 0 N–H and O–H groups in total. The van der Waals surface area contributed by atoms with Crippen molar-refractivity contribution in [3.63, 3.8) is 0 Å². The number of para-hydroxylation sites is 1. The number of aryl methyl sites for hydroxylation is 1. The summed E-state index contributed by atoms with van der Waals surface area (Å²) in [5.74, 6) is 1.35. The number of ether oxygens (including phenoxy) is 1. The van der Waals surface area contributed by atoms with E-state index in [4.69, 9.17) is 9.15 Å². The molecule has 1 heterocycles.